The fraction of sp³-hybridized carbons (Fsp3) is 0.368. The van der Waals surface area contributed by atoms with Crippen molar-refractivity contribution in [2.75, 3.05) is 18.4 Å². The van der Waals surface area contributed by atoms with Crippen molar-refractivity contribution >= 4 is 33.7 Å². The summed E-state index contributed by atoms with van der Waals surface area (Å²) in [5, 5.41) is 2.68. The molecule has 1 N–H and O–H groups in total. The molecule has 0 bridgehead atoms. The molecule has 2 heterocycles. The van der Waals surface area contributed by atoms with Crippen LogP contribution >= 0.6 is 15.9 Å². The fourth-order valence-electron chi connectivity index (χ4n) is 3.48. The van der Waals surface area contributed by atoms with E-state index >= 15 is 0 Å². The number of amides is 2. The summed E-state index contributed by atoms with van der Waals surface area (Å²) >= 11 is 3.49. The van der Waals surface area contributed by atoms with Crippen molar-refractivity contribution < 1.29 is 9.59 Å². The first kappa shape index (κ1) is 17.1. The topological polar surface area (TPSA) is 75.2 Å². The average molecular weight is 415 g/mol. The summed E-state index contributed by atoms with van der Waals surface area (Å²) in [7, 11) is 0. The first-order chi connectivity index (χ1) is 12.5. The number of carbonyl (C=O) groups excluding carboxylic acids is 2. The van der Waals surface area contributed by atoms with Crippen LogP contribution in [0.2, 0.25) is 0 Å². The van der Waals surface area contributed by atoms with Crippen molar-refractivity contribution in [2.24, 2.45) is 0 Å². The van der Waals surface area contributed by atoms with E-state index in [2.05, 4.69) is 31.2 Å². The molecule has 26 heavy (non-hydrogen) atoms. The first-order valence-electron chi connectivity index (χ1n) is 8.71. The molecule has 1 aromatic heterocycles. The summed E-state index contributed by atoms with van der Waals surface area (Å²) < 4.78 is 0.981. The van der Waals surface area contributed by atoms with E-state index in [1.54, 1.807) is 17.3 Å². The van der Waals surface area contributed by atoms with Crippen molar-refractivity contribution in [3.05, 3.63) is 51.8 Å². The number of nitrogens with one attached hydrogen (secondary N) is 1. The molecule has 0 saturated heterocycles. The van der Waals surface area contributed by atoms with Crippen molar-refractivity contribution in [3.63, 3.8) is 0 Å². The zero-order valence-electron chi connectivity index (χ0n) is 14.5. The Balaban J connectivity index is 1.49. The Kier molecular flexibility index (Phi) is 4.26. The van der Waals surface area contributed by atoms with Crippen LogP contribution in [-0.4, -0.2) is 39.8 Å². The summed E-state index contributed by atoms with van der Waals surface area (Å²) in [6, 6.07) is 5.76. The third-order valence-corrected chi connectivity index (χ3v) is 5.61. The van der Waals surface area contributed by atoms with Gasteiger partial charge in [-0.15, -0.1) is 0 Å². The highest BCUT2D eigenvalue weighted by Gasteiger charge is 2.51. The number of rotatable bonds is 4. The largest absolute Gasteiger partial charge is 0.328 e. The Hall–Kier alpha value is -2.28. The molecule has 1 fully saturated rings. The second-order valence-corrected chi connectivity index (χ2v) is 7.86. The molecule has 2 amide bonds. The van der Waals surface area contributed by atoms with Gasteiger partial charge in [-0.05, 0) is 48.6 Å². The second kappa shape index (κ2) is 6.46. The van der Waals surface area contributed by atoms with Gasteiger partial charge >= 0.3 is 0 Å². The Bertz CT molecular complexity index is 878. The zero-order valence-corrected chi connectivity index (χ0v) is 16.0. The molecular weight excluding hydrogens is 396 g/mol. The monoisotopic (exact) mass is 414 g/mol. The maximum atomic E-state index is 12.8. The molecule has 2 aromatic rings. The minimum absolute atomic E-state index is 0.00653. The predicted octanol–water partition coefficient (Wildman–Crippen LogP) is 2.93. The number of nitrogens with zero attached hydrogens (tertiary/aromatic N) is 3. The Morgan fingerprint density at radius 1 is 1.31 bits per heavy atom. The molecule has 4 rings (SSSR count). The molecule has 0 atom stereocenters. The Morgan fingerprint density at radius 3 is 2.69 bits per heavy atom. The predicted molar refractivity (Wildman–Crippen MR) is 101 cm³/mol. The highest BCUT2D eigenvalue weighted by atomic mass is 79.9. The van der Waals surface area contributed by atoms with Crippen molar-refractivity contribution in [3.8, 4) is 0 Å². The normalized spacial score (nSPS) is 17.2. The van der Waals surface area contributed by atoms with E-state index in [1.165, 1.54) is 0 Å². The third kappa shape index (κ3) is 3.11. The molecule has 7 heteroatoms. The molecule has 1 aliphatic carbocycles. The SMILES string of the molecule is CCc1cnc(NC(=O)CN2CC3(CC3)c3cc(Br)ccc3C2=O)nc1. The number of fused-ring (bicyclic) bond motifs is 2. The van der Waals surface area contributed by atoms with Gasteiger partial charge in [0, 0.05) is 34.4 Å². The van der Waals surface area contributed by atoms with E-state index in [4.69, 9.17) is 0 Å². The summed E-state index contributed by atoms with van der Waals surface area (Å²) in [5.74, 6) is -0.108. The van der Waals surface area contributed by atoms with Gasteiger partial charge in [-0.25, -0.2) is 9.97 Å². The smallest absolute Gasteiger partial charge is 0.254 e. The van der Waals surface area contributed by atoms with Gasteiger partial charge in [0.05, 0.1) is 0 Å². The van der Waals surface area contributed by atoms with Crippen LogP contribution < -0.4 is 5.32 Å². The van der Waals surface area contributed by atoms with Crippen LogP contribution in [-0.2, 0) is 16.6 Å². The van der Waals surface area contributed by atoms with Crippen molar-refractivity contribution in [2.45, 2.75) is 31.6 Å². The summed E-state index contributed by atoms with van der Waals surface area (Å²) in [4.78, 5) is 35.1. The van der Waals surface area contributed by atoms with Gasteiger partial charge < -0.3 is 4.90 Å². The molecule has 0 unspecified atom stereocenters. The van der Waals surface area contributed by atoms with Crippen LogP contribution in [0.5, 0.6) is 0 Å². The number of carbonyl (C=O) groups is 2. The van der Waals surface area contributed by atoms with Gasteiger partial charge in [0.2, 0.25) is 11.9 Å². The summed E-state index contributed by atoms with van der Waals surface area (Å²) in [6.45, 7) is 2.61. The maximum absolute atomic E-state index is 12.8. The number of anilines is 1. The average Bonchev–Trinajstić information content (AvgIpc) is 3.40. The quantitative estimate of drug-likeness (QED) is 0.834. The number of aryl methyl sites for hydroxylation is 1. The Morgan fingerprint density at radius 2 is 2.04 bits per heavy atom. The number of halogens is 1. The fourth-order valence-corrected chi connectivity index (χ4v) is 3.84. The third-order valence-electron chi connectivity index (χ3n) is 5.12. The lowest BCUT2D eigenvalue weighted by Crippen LogP contribution is -2.46. The van der Waals surface area contributed by atoms with Crippen LogP contribution in [0, 0.1) is 0 Å². The first-order valence-corrected chi connectivity index (χ1v) is 9.50. The lowest BCUT2D eigenvalue weighted by Gasteiger charge is -2.34. The summed E-state index contributed by atoms with van der Waals surface area (Å²) in [6.07, 6.45) is 6.32. The minimum Gasteiger partial charge on any atom is -0.328 e. The number of aromatic nitrogens is 2. The van der Waals surface area contributed by atoms with Crippen LogP contribution in [0.25, 0.3) is 0 Å². The van der Waals surface area contributed by atoms with E-state index in [1.807, 2.05) is 25.1 Å². The molecule has 2 aliphatic rings. The van der Waals surface area contributed by atoms with Crippen LogP contribution in [0.4, 0.5) is 5.95 Å². The van der Waals surface area contributed by atoms with Gasteiger partial charge in [-0.2, -0.15) is 0 Å². The van der Waals surface area contributed by atoms with E-state index in [9.17, 15) is 9.59 Å². The van der Waals surface area contributed by atoms with Crippen molar-refractivity contribution in [1.82, 2.24) is 14.9 Å². The van der Waals surface area contributed by atoms with Crippen molar-refractivity contribution in [1.29, 1.82) is 0 Å². The molecule has 134 valence electrons. The standard InChI is InChI=1S/C19H19BrN4O2/c1-2-12-8-21-18(22-9-12)23-16(25)10-24-11-19(5-6-19)15-7-13(20)3-4-14(15)17(24)26/h3-4,7-9H,2,5-6,10-11H2,1H3,(H,21,22,23,25). The van der Waals surface area contributed by atoms with E-state index in [0.29, 0.717) is 12.1 Å². The molecule has 1 aromatic carbocycles. The lowest BCUT2D eigenvalue weighted by atomic mass is 9.86. The lowest BCUT2D eigenvalue weighted by molar-refractivity contribution is -0.117. The number of benzene rings is 1. The van der Waals surface area contributed by atoms with Gasteiger partial charge in [-0.1, -0.05) is 22.9 Å². The highest BCUT2D eigenvalue weighted by Crippen LogP contribution is 2.52. The highest BCUT2D eigenvalue weighted by molar-refractivity contribution is 9.10. The van der Waals surface area contributed by atoms with E-state index in [0.717, 1.165) is 34.9 Å². The number of hydrogen-bond donors (Lipinski definition) is 1. The Labute approximate surface area is 160 Å². The minimum atomic E-state index is -0.279. The van der Waals surface area contributed by atoms with Gasteiger partial charge in [0.25, 0.3) is 5.91 Å². The van der Waals surface area contributed by atoms with Crippen LogP contribution in [0.3, 0.4) is 0 Å². The molecule has 6 nitrogen and oxygen atoms in total. The van der Waals surface area contributed by atoms with Gasteiger partial charge in [-0.3, -0.25) is 14.9 Å². The molecule has 1 aliphatic heterocycles. The second-order valence-electron chi connectivity index (χ2n) is 6.95. The van der Waals surface area contributed by atoms with Gasteiger partial charge in [0.1, 0.15) is 6.54 Å². The number of hydrogen-bond acceptors (Lipinski definition) is 4. The van der Waals surface area contributed by atoms with E-state index in [-0.39, 0.29) is 29.7 Å². The summed E-state index contributed by atoms with van der Waals surface area (Å²) in [5.41, 5.74) is 2.82. The zero-order chi connectivity index (χ0) is 18.3. The van der Waals surface area contributed by atoms with E-state index < -0.39 is 0 Å². The molecule has 1 saturated carbocycles. The molecule has 1 spiro atoms. The van der Waals surface area contributed by atoms with Crippen LogP contribution in [0.1, 0.15) is 41.3 Å². The van der Waals surface area contributed by atoms with Crippen LogP contribution in [0.15, 0.2) is 35.1 Å². The molecule has 0 radical (unpaired) electrons. The van der Waals surface area contributed by atoms with Gasteiger partial charge in [0.15, 0.2) is 0 Å². The molecular formula is C19H19BrN4O2. The maximum Gasteiger partial charge on any atom is 0.254 e.